The number of allylic oxidation sites excluding steroid dienone is 4. The van der Waals surface area contributed by atoms with Crippen LogP contribution in [0, 0.1) is 11.6 Å². The quantitative estimate of drug-likeness (QED) is 0.134. The van der Waals surface area contributed by atoms with Crippen LogP contribution in [0.25, 0.3) is 0 Å². The molecule has 4 aromatic rings. The Labute approximate surface area is 302 Å². The van der Waals surface area contributed by atoms with E-state index < -0.39 is 46.6 Å². The topological polar surface area (TPSA) is 180 Å². The number of benzene rings is 2. The Bertz CT molecular complexity index is 2010. The number of amides is 2. The first-order valence-electron chi connectivity index (χ1n) is 15.9. The van der Waals surface area contributed by atoms with Gasteiger partial charge in [-0.1, -0.05) is 0 Å². The number of rotatable bonds is 14. The van der Waals surface area contributed by atoms with Gasteiger partial charge < -0.3 is 26.2 Å². The van der Waals surface area contributed by atoms with Crippen LogP contribution in [0.1, 0.15) is 72.8 Å². The van der Waals surface area contributed by atoms with Crippen LogP contribution in [0.4, 0.5) is 20.2 Å². The van der Waals surface area contributed by atoms with Gasteiger partial charge in [0.2, 0.25) is 11.6 Å². The summed E-state index contributed by atoms with van der Waals surface area (Å²) in [5.41, 5.74) is 0.659. The fraction of sp³-hybridized carbons (Fsp3) is 0.200. The number of carbonyl (C=O) groups is 6. The Balaban J connectivity index is 0.913. The van der Waals surface area contributed by atoms with Gasteiger partial charge in [0.05, 0.1) is 11.4 Å². The maximum Gasteiger partial charge on any atom is 0.284 e. The van der Waals surface area contributed by atoms with Crippen molar-refractivity contribution in [2.75, 3.05) is 43.9 Å². The zero-order valence-corrected chi connectivity index (χ0v) is 29.0. The number of fused-ring (bicyclic) bond motifs is 2. The predicted molar refractivity (Wildman–Crippen MR) is 189 cm³/mol. The van der Waals surface area contributed by atoms with Crippen molar-refractivity contribution in [3.05, 3.63) is 115 Å². The van der Waals surface area contributed by atoms with E-state index in [1.54, 1.807) is 0 Å². The number of aromatic nitrogens is 2. The van der Waals surface area contributed by atoms with Crippen molar-refractivity contribution in [3.63, 3.8) is 0 Å². The van der Waals surface area contributed by atoms with Gasteiger partial charge >= 0.3 is 0 Å². The highest BCUT2D eigenvalue weighted by atomic mass is 32.1. The monoisotopic (exact) mass is 745 g/mol. The number of hydrogen-bond donors (Lipinski definition) is 4. The molecule has 0 radical (unpaired) electrons. The third-order valence-electron chi connectivity index (χ3n) is 7.83. The molecule has 2 amide bonds. The van der Waals surface area contributed by atoms with Gasteiger partial charge in [-0.2, -0.15) is 0 Å². The van der Waals surface area contributed by atoms with E-state index in [-0.39, 0.29) is 42.6 Å². The van der Waals surface area contributed by atoms with Crippen molar-refractivity contribution >= 4 is 69.0 Å². The molecular formula is C35H29F2N7O6S2. The van der Waals surface area contributed by atoms with Crippen LogP contribution in [-0.4, -0.2) is 83.0 Å². The molecule has 266 valence electrons. The van der Waals surface area contributed by atoms with E-state index in [0.717, 1.165) is 22.7 Å². The minimum atomic E-state index is -0.621. The summed E-state index contributed by atoms with van der Waals surface area (Å²) in [6.45, 7) is 2.05. The molecule has 2 aromatic carbocycles. The standard InChI is InChI=1S/C35H29F2N7O6S2/c1-44(14-2-12-38-22-16-24(45)30-26(28(22)47)42-34(51-30)32(49)40-20-8-4-18(36)5-9-20)15-3-13-39-23-17-25(46)31-27(29(23)48)43-35(52-31)33(50)41-21-10-6-19(37)7-11-21/h4-11,16-17,38-39H,2-3,12-15H2,1H3,(H,40,49)(H,41,50). The zero-order valence-electron chi connectivity index (χ0n) is 27.4. The average molecular weight is 746 g/mol. The Hall–Kier alpha value is -5.78. The van der Waals surface area contributed by atoms with Crippen LogP contribution < -0.4 is 21.3 Å². The maximum atomic E-state index is 13.2. The third kappa shape index (κ3) is 8.22. The second-order valence-corrected chi connectivity index (χ2v) is 13.7. The molecule has 2 aliphatic rings. The third-order valence-corrected chi connectivity index (χ3v) is 9.97. The SMILES string of the molecule is CN(CCCNC1=CC(=O)c2sc(C(=O)Nc3ccc(F)cc3)nc2C1=O)CCCNC1=CC(=O)c2sc(C(=O)Nc3ccc(F)cc3)nc2C1=O. The van der Waals surface area contributed by atoms with Gasteiger partial charge in [-0.15, -0.1) is 22.7 Å². The zero-order chi connectivity index (χ0) is 36.9. The minimum absolute atomic E-state index is 0.0661. The molecule has 0 saturated heterocycles. The van der Waals surface area contributed by atoms with Gasteiger partial charge in [-0.05, 0) is 81.5 Å². The van der Waals surface area contributed by atoms with Gasteiger partial charge in [-0.3, -0.25) is 28.8 Å². The fourth-order valence-corrected chi connectivity index (χ4v) is 6.95. The summed E-state index contributed by atoms with van der Waals surface area (Å²) in [6.07, 6.45) is 3.65. The van der Waals surface area contributed by atoms with Crippen molar-refractivity contribution in [2.45, 2.75) is 12.8 Å². The first-order chi connectivity index (χ1) is 25.0. The molecule has 0 saturated carbocycles. The van der Waals surface area contributed by atoms with E-state index in [1.165, 1.54) is 60.7 Å². The highest BCUT2D eigenvalue weighted by molar-refractivity contribution is 7.16. The van der Waals surface area contributed by atoms with E-state index in [2.05, 4.69) is 31.2 Å². The van der Waals surface area contributed by atoms with Crippen molar-refractivity contribution in [1.82, 2.24) is 25.5 Å². The van der Waals surface area contributed by atoms with Crippen LogP contribution in [0.3, 0.4) is 0 Å². The second kappa shape index (κ2) is 15.6. The smallest absolute Gasteiger partial charge is 0.284 e. The lowest BCUT2D eigenvalue weighted by Crippen LogP contribution is -2.31. The summed E-state index contributed by atoms with van der Waals surface area (Å²) in [4.78, 5) is 87.2. The molecule has 13 nitrogen and oxygen atoms in total. The van der Waals surface area contributed by atoms with Gasteiger partial charge in [0.1, 0.15) is 32.8 Å². The number of thiazole rings is 2. The van der Waals surface area contributed by atoms with Crippen LogP contribution in [0.15, 0.2) is 72.1 Å². The van der Waals surface area contributed by atoms with Crippen LogP contribution in [0.2, 0.25) is 0 Å². The molecule has 17 heteroatoms. The number of nitrogens with one attached hydrogen (secondary N) is 4. The van der Waals surface area contributed by atoms with Gasteiger partial charge in [0.25, 0.3) is 11.8 Å². The molecule has 0 unspecified atom stereocenters. The minimum Gasteiger partial charge on any atom is -0.382 e. The Morgan fingerprint density at radius 2 is 1.04 bits per heavy atom. The largest absolute Gasteiger partial charge is 0.382 e. The number of carbonyl (C=O) groups excluding carboxylic acids is 6. The lowest BCUT2D eigenvalue weighted by molar-refractivity contribution is 0.0976. The van der Waals surface area contributed by atoms with Gasteiger partial charge in [0.15, 0.2) is 21.6 Å². The van der Waals surface area contributed by atoms with Crippen LogP contribution in [0.5, 0.6) is 0 Å². The molecule has 0 aliphatic heterocycles. The number of Topliss-reactive ketones (excluding diaryl/α,β-unsaturated/α-hetero) is 2. The van der Waals surface area contributed by atoms with E-state index in [1.807, 2.05) is 11.9 Å². The molecule has 2 aromatic heterocycles. The molecule has 4 N–H and O–H groups in total. The van der Waals surface area contributed by atoms with Gasteiger partial charge in [-0.25, -0.2) is 18.7 Å². The average Bonchev–Trinajstić information content (AvgIpc) is 3.79. The molecule has 6 rings (SSSR count). The Morgan fingerprint density at radius 3 is 1.42 bits per heavy atom. The highest BCUT2D eigenvalue weighted by Gasteiger charge is 2.33. The summed E-state index contributed by atoms with van der Waals surface area (Å²) in [6, 6.07) is 10.3. The van der Waals surface area contributed by atoms with E-state index in [9.17, 15) is 37.5 Å². The number of halogens is 2. The molecular weight excluding hydrogens is 717 g/mol. The number of hydrogen-bond acceptors (Lipinski definition) is 13. The van der Waals surface area contributed by atoms with E-state index in [4.69, 9.17) is 0 Å². The number of anilines is 2. The molecule has 0 atom stereocenters. The number of ketones is 4. The van der Waals surface area contributed by atoms with E-state index in [0.29, 0.717) is 50.4 Å². The molecule has 0 spiro atoms. The molecule has 2 aliphatic carbocycles. The summed E-state index contributed by atoms with van der Waals surface area (Å²) in [7, 11) is 1.91. The fourth-order valence-electron chi connectivity index (χ4n) is 5.21. The summed E-state index contributed by atoms with van der Waals surface area (Å²) in [5, 5.41) is 11.0. The second-order valence-electron chi connectivity index (χ2n) is 11.7. The van der Waals surface area contributed by atoms with Crippen molar-refractivity contribution in [1.29, 1.82) is 0 Å². The summed E-state index contributed by atoms with van der Waals surface area (Å²) < 4.78 is 26.3. The Kier molecular flexibility index (Phi) is 10.8. The number of nitrogens with zero attached hydrogens (tertiary/aromatic N) is 3. The van der Waals surface area contributed by atoms with Crippen LogP contribution in [-0.2, 0) is 0 Å². The summed E-state index contributed by atoms with van der Waals surface area (Å²) >= 11 is 1.63. The maximum absolute atomic E-state index is 13.2. The molecule has 52 heavy (non-hydrogen) atoms. The first kappa shape index (κ1) is 36.0. The van der Waals surface area contributed by atoms with Crippen LogP contribution >= 0.6 is 22.7 Å². The van der Waals surface area contributed by atoms with E-state index >= 15 is 0 Å². The summed E-state index contributed by atoms with van der Waals surface area (Å²) in [5.74, 6) is -4.03. The molecule has 0 fully saturated rings. The highest BCUT2D eigenvalue weighted by Crippen LogP contribution is 2.28. The Morgan fingerprint density at radius 1 is 0.654 bits per heavy atom. The lowest BCUT2D eigenvalue weighted by Gasteiger charge is -2.18. The molecule has 2 heterocycles. The normalized spacial score (nSPS) is 13.7. The predicted octanol–water partition coefficient (Wildman–Crippen LogP) is 4.50. The first-order valence-corrected chi connectivity index (χ1v) is 17.5. The van der Waals surface area contributed by atoms with Crippen molar-refractivity contribution in [2.24, 2.45) is 0 Å². The van der Waals surface area contributed by atoms with Crippen molar-refractivity contribution < 1.29 is 37.5 Å². The van der Waals surface area contributed by atoms with Crippen molar-refractivity contribution in [3.8, 4) is 0 Å². The molecule has 0 bridgehead atoms. The van der Waals surface area contributed by atoms with Gasteiger partial charge in [0, 0.05) is 36.6 Å². The lowest BCUT2D eigenvalue weighted by atomic mass is 10.0.